The predicted octanol–water partition coefficient (Wildman–Crippen LogP) is 2.82. The monoisotopic (exact) mass is 596 g/mol. The van der Waals surface area contributed by atoms with Crippen LogP contribution in [0.1, 0.15) is 25.0 Å². The minimum atomic E-state index is -4.66. The van der Waals surface area contributed by atoms with Gasteiger partial charge in [-0.2, -0.15) is 13.2 Å². The van der Waals surface area contributed by atoms with E-state index in [9.17, 15) is 23.1 Å². The van der Waals surface area contributed by atoms with E-state index in [4.69, 9.17) is 9.47 Å². The van der Waals surface area contributed by atoms with Crippen molar-refractivity contribution in [2.24, 2.45) is 4.99 Å². The minimum Gasteiger partial charge on any atom is -1.00 e. The third-order valence-electron chi connectivity index (χ3n) is 7.23. The van der Waals surface area contributed by atoms with Crippen molar-refractivity contribution in [3.05, 3.63) is 77.6 Å². The number of hydrogen-bond acceptors (Lipinski definition) is 7. The molecule has 2 aliphatic rings. The zero-order chi connectivity index (χ0) is 29.3. The molecule has 0 bridgehead atoms. The van der Waals surface area contributed by atoms with Crippen LogP contribution >= 0.6 is 0 Å². The van der Waals surface area contributed by atoms with E-state index >= 15 is 4.39 Å². The number of ether oxygens (including phenoxy) is 2. The number of guanidine groups is 1. The van der Waals surface area contributed by atoms with Crippen molar-refractivity contribution < 1.29 is 67.9 Å². The van der Waals surface area contributed by atoms with E-state index in [-0.39, 0.29) is 59.6 Å². The first-order valence-corrected chi connectivity index (χ1v) is 12.9. The van der Waals surface area contributed by atoms with Crippen LogP contribution in [0.4, 0.5) is 34.6 Å². The Morgan fingerprint density at radius 3 is 2.33 bits per heavy atom. The normalized spacial score (nSPS) is 16.8. The fourth-order valence-electron chi connectivity index (χ4n) is 5.24. The Morgan fingerprint density at radius 2 is 1.69 bits per heavy atom. The van der Waals surface area contributed by atoms with E-state index in [1.165, 1.54) is 30.2 Å². The molecule has 42 heavy (non-hydrogen) atoms. The molecule has 8 nitrogen and oxygen atoms in total. The topological polar surface area (TPSA) is 77.8 Å². The fourth-order valence-corrected chi connectivity index (χ4v) is 5.24. The molecular weight excluding hydrogens is 567 g/mol. The molecule has 2 aliphatic heterocycles. The number of aliphatic imine (C=N–C) groups is 1. The Labute approximate surface area is 263 Å². The van der Waals surface area contributed by atoms with Gasteiger partial charge in [-0.3, -0.25) is 4.79 Å². The van der Waals surface area contributed by atoms with Crippen molar-refractivity contribution in [2.45, 2.75) is 18.6 Å². The van der Waals surface area contributed by atoms with Crippen molar-refractivity contribution in [1.29, 1.82) is 0 Å². The Hall–Kier alpha value is -3.48. The van der Waals surface area contributed by atoms with Gasteiger partial charge in [0.1, 0.15) is 23.0 Å². The van der Waals surface area contributed by atoms with E-state index < -0.39 is 36.0 Å². The number of benzene rings is 3. The number of nitrogens with zero attached hydrogens (tertiary/aromatic N) is 4. The summed E-state index contributed by atoms with van der Waals surface area (Å²) in [5.41, 5.74) is 0.204. The van der Waals surface area contributed by atoms with Crippen LogP contribution in [-0.4, -0.2) is 62.3 Å². The molecule has 1 fully saturated rings. The number of carboxylic acid groups (broad SMARTS) is 1. The molecule has 13 heteroatoms. The van der Waals surface area contributed by atoms with Gasteiger partial charge in [0.25, 0.3) is 0 Å². The molecule has 5 rings (SSSR count). The first kappa shape index (κ1) is 31.5. The van der Waals surface area contributed by atoms with Crippen molar-refractivity contribution in [1.82, 2.24) is 4.90 Å². The molecule has 0 saturated carbocycles. The number of methoxy groups -OCH3 is 2. The number of aliphatic carboxylic acids is 1. The smallest absolute Gasteiger partial charge is 1.00 e. The first-order chi connectivity index (χ1) is 19.6. The number of piperazine rings is 1. The van der Waals surface area contributed by atoms with Gasteiger partial charge in [0.05, 0.1) is 37.9 Å². The summed E-state index contributed by atoms with van der Waals surface area (Å²) in [6.07, 6.45) is -5.18. The van der Waals surface area contributed by atoms with Gasteiger partial charge < -0.3 is 30.7 Å². The zero-order valence-corrected chi connectivity index (χ0v) is 25.4. The van der Waals surface area contributed by atoms with Crippen LogP contribution in [0.15, 0.2) is 65.7 Å². The van der Waals surface area contributed by atoms with E-state index in [0.717, 1.165) is 17.8 Å². The molecule has 3 aromatic carbocycles. The molecule has 1 atom stereocenters. The summed E-state index contributed by atoms with van der Waals surface area (Å²) in [6, 6.07) is 13.7. The summed E-state index contributed by atoms with van der Waals surface area (Å²) in [4.78, 5) is 22.0. The molecule has 0 aliphatic carbocycles. The Kier molecular flexibility index (Phi) is 9.59. The largest absolute Gasteiger partial charge is 1.00 e. The molecule has 2 heterocycles. The minimum absolute atomic E-state index is 0. The van der Waals surface area contributed by atoms with Crippen LogP contribution < -0.4 is 48.8 Å². The number of hydrogen-bond donors (Lipinski definition) is 1. The van der Waals surface area contributed by atoms with Gasteiger partial charge in [-0.05, 0) is 36.4 Å². The molecule has 0 spiro atoms. The van der Waals surface area contributed by atoms with Gasteiger partial charge in [-0.1, -0.05) is 18.2 Å². The molecule has 1 N–H and O–H groups in total. The summed E-state index contributed by atoms with van der Waals surface area (Å²) < 4.78 is 67.3. The van der Waals surface area contributed by atoms with Gasteiger partial charge in [0.2, 0.25) is 5.96 Å². The molecule has 0 radical (unpaired) electrons. The molecular formula is C29H29F4N4NaO4. The molecule has 218 valence electrons. The SMILES string of the molecule is COc1cccc(N2CCN(C3=Nc4c(F)cccc4[C@H](CC(=O)O)N3c3cc(C(F)(F)F)ccc3OC)CC2)c1.[H-].[Na+]. The average Bonchev–Trinajstić information content (AvgIpc) is 2.96. The van der Waals surface area contributed by atoms with Crippen LogP contribution in [-0.2, 0) is 11.0 Å². The van der Waals surface area contributed by atoms with E-state index in [1.807, 2.05) is 29.2 Å². The standard InChI is InChI=1S/C29H28F4N4O4.Na.H/c1-40-20-6-3-5-19(16-20)35-11-13-36(14-12-35)28-34-27-21(7-4-8-22(27)30)23(17-26(38)39)37(28)24-15-18(29(31,32)33)9-10-25(24)41-2;;/h3-10,15-16,23H,11-14,17H2,1-2H3,(H,38,39);;/q;+1;-1/t23-;;/m0../s1. The summed E-state index contributed by atoms with van der Waals surface area (Å²) in [5.74, 6) is -0.910. The first-order valence-electron chi connectivity index (χ1n) is 12.9. The number of rotatable bonds is 6. The summed E-state index contributed by atoms with van der Waals surface area (Å²) in [6.45, 7) is 1.82. The average molecular weight is 597 g/mol. The Balaban J connectivity index is 0.00000253. The number of alkyl halides is 3. The number of anilines is 2. The quantitative estimate of drug-likeness (QED) is 0.347. The third-order valence-corrected chi connectivity index (χ3v) is 7.23. The van der Waals surface area contributed by atoms with Crippen LogP contribution in [0.25, 0.3) is 0 Å². The van der Waals surface area contributed by atoms with E-state index in [0.29, 0.717) is 31.9 Å². The number of halogens is 4. The Morgan fingerprint density at radius 1 is 1.00 bits per heavy atom. The van der Waals surface area contributed by atoms with Gasteiger partial charge in [-0.15, -0.1) is 0 Å². The molecule has 0 unspecified atom stereocenters. The van der Waals surface area contributed by atoms with Crippen molar-refractivity contribution in [3.63, 3.8) is 0 Å². The van der Waals surface area contributed by atoms with Gasteiger partial charge >= 0.3 is 41.7 Å². The van der Waals surface area contributed by atoms with Crippen LogP contribution in [0.5, 0.6) is 11.5 Å². The number of fused-ring (bicyclic) bond motifs is 1. The second kappa shape index (κ2) is 12.8. The third kappa shape index (κ3) is 6.30. The van der Waals surface area contributed by atoms with Crippen LogP contribution in [0, 0.1) is 5.82 Å². The van der Waals surface area contributed by atoms with Crippen molar-refractivity contribution in [3.8, 4) is 11.5 Å². The summed E-state index contributed by atoms with van der Waals surface area (Å²) >= 11 is 0. The van der Waals surface area contributed by atoms with Crippen LogP contribution in [0.2, 0.25) is 0 Å². The van der Waals surface area contributed by atoms with Gasteiger partial charge in [0.15, 0.2) is 0 Å². The van der Waals surface area contributed by atoms with Gasteiger partial charge in [0, 0.05) is 43.5 Å². The molecule has 1 saturated heterocycles. The maximum atomic E-state index is 15.1. The second-order valence-electron chi connectivity index (χ2n) is 9.63. The maximum Gasteiger partial charge on any atom is 1.00 e. The summed E-state index contributed by atoms with van der Waals surface area (Å²) in [5, 5.41) is 9.83. The second-order valence-corrected chi connectivity index (χ2v) is 9.63. The molecule has 0 amide bonds. The number of para-hydroxylation sites is 1. The maximum absolute atomic E-state index is 15.1. The Bertz CT molecular complexity index is 1490. The van der Waals surface area contributed by atoms with Crippen molar-refractivity contribution >= 4 is 29.0 Å². The number of carbonyl (C=O) groups is 1. The number of carboxylic acids is 1. The van der Waals surface area contributed by atoms with Crippen molar-refractivity contribution in [2.75, 3.05) is 50.2 Å². The van der Waals surface area contributed by atoms with E-state index in [2.05, 4.69) is 9.89 Å². The molecule has 3 aromatic rings. The fraction of sp³-hybridized carbons (Fsp3) is 0.310. The van der Waals surface area contributed by atoms with Crippen LogP contribution in [0.3, 0.4) is 0 Å². The predicted molar refractivity (Wildman–Crippen MR) is 147 cm³/mol. The van der Waals surface area contributed by atoms with Gasteiger partial charge in [-0.25, -0.2) is 9.38 Å². The van der Waals surface area contributed by atoms with E-state index in [1.54, 1.807) is 13.2 Å². The summed E-state index contributed by atoms with van der Waals surface area (Å²) in [7, 11) is 2.90. The molecule has 0 aromatic heterocycles. The zero-order valence-electron chi connectivity index (χ0n) is 24.4.